The van der Waals surface area contributed by atoms with Crippen LogP contribution in [0.1, 0.15) is 48.1 Å². The van der Waals surface area contributed by atoms with Gasteiger partial charge in [-0.2, -0.15) is 26.3 Å². The highest BCUT2D eigenvalue weighted by atomic mass is 32.2. The van der Waals surface area contributed by atoms with Crippen LogP contribution < -0.4 is 9.64 Å². The minimum atomic E-state index is -4.70. The summed E-state index contributed by atoms with van der Waals surface area (Å²) >= 11 is -0.268. The van der Waals surface area contributed by atoms with E-state index in [4.69, 9.17) is 4.74 Å². The second-order valence-corrected chi connectivity index (χ2v) is 11.1. The lowest BCUT2D eigenvalue weighted by Crippen LogP contribution is -2.29. The minimum absolute atomic E-state index is 0.0434. The molecule has 0 heterocycles. The fourth-order valence-corrected chi connectivity index (χ4v) is 5.15. The van der Waals surface area contributed by atoms with Crippen LogP contribution in [0.3, 0.4) is 0 Å². The number of rotatable bonds is 10. The molecule has 222 valence electrons. The van der Waals surface area contributed by atoms with Gasteiger partial charge < -0.3 is 14.7 Å². The molecule has 0 spiro atoms. The van der Waals surface area contributed by atoms with E-state index >= 15 is 0 Å². The van der Waals surface area contributed by atoms with Gasteiger partial charge in [-0.05, 0) is 70.8 Å². The molecule has 4 aromatic rings. The lowest BCUT2D eigenvalue weighted by molar-refractivity contribution is -0.139. The van der Waals surface area contributed by atoms with Crippen LogP contribution in [0.5, 0.6) is 11.5 Å². The number of aliphatic hydroxyl groups is 1. The van der Waals surface area contributed by atoms with Gasteiger partial charge in [-0.15, -0.1) is 0 Å². The number of hydrogen-bond donors (Lipinski definition) is 1. The third-order valence-electron chi connectivity index (χ3n) is 6.52. The molecule has 0 aliphatic carbocycles. The van der Waals surface area contributed by atoms with Crippen molar-refractivity contribution in [1.82, 2.24) is 0 Å². The standard InChI is InChI=1S/C32H29F6NO2S/c1-21(2)22-10-7-12-25(17-22)41-26-13-8-11-24(18-26)39(19-23-9-3-6-16-30(23)42-32(36,37)38)20-29(40)27-14-4-5-15-28(27)31(33,34)35/h3-18,21,29,40H,19-20H2,1-2H3. The number of alkyl halides is 6. The Morgan fingerprint density at radius 2 is 1.43 bits per heavy atom. The summed E-state index contributed by atoms with van der Waals surface area (Å²) in [4.78, 5) is 1.50. The summed E-state index contributed by atoms with van der Waals surface area (Å²) in [6, 6.07) is 24.9. The molecule has 0 saturated carbocycles. The Morgan fingerprint density at radius 1 is 0.786 bits per heavy atom. The molecule has 1 unspecified atom stereocenters. The molecule has 0 bridgehead atoms. The summed E-state index contributed by atoms with van der Waals surface area (Å²) in [7, 11) is 0. The van der Waals surface area contributed by atoms with E-state index in [1.807, 2.05) is 18.2 Å². The van der Waals surface area contributed by atoms with Crippen LogP contribution in [0.2, 0.25) is 0 Å². The molecule has 1 atom stereocenters. The van der Waals surface area contributed by atoms with Crippen molar-refractivity contribution in [3.05, 3.63) is 119 Å². The number of anilines is 1. The van der Waals surface area contributed by atoms with E-state index in [0.717, 1.165) is 11.6 Å². The van der Waals surface area contributed by atoms with Crippen molar-refractivity contribution >= 4 is 17.4 Å². The zero-order valence-corrected chi connectivity index (χ0v) is 23.6. The van der Waals surface area contributed by atoms with Gasteiger partial charge in [0.15, 0.2) is 0 Å². The lowest BCUT2D eigenvalue weighted by atomic mass is 10.0. The lowest BCUT2D eigenvalue weighted by Gasteiger charge is -2.29. The van der Waals surface area contributed by atoms with Crippen LogP contribution in [0.15, 0.2) is 102 Å². The van der Waals surface area contributed by atoms with Crippen molar-refractivity contribution in [2.24, 2.45) is 0 Å². The number of benzene rings is 4. The summed E-state index contributed by atoms with van der Waals surface area (Å²) in [5.41, 5.74) is -4.03. The first-order valence-electron chi connectivity index (χ1n) is 13.1. The SMILES string of the molecule is CC(C)c1cccc(Oc2cccc(N(Cc3ccccc3SC(F)(F)F)CC(O)c3ccccc3C(F)(F)F)c2)c1. The van der Waals surface area contributed by atoms with Crippen LogP contribution >= 0.6 is 11.8 Å². The zero-order valence-electron chi connectivity index (χ0n) is 22.8. The summed E-state index contributed by atoms with van der Waals surface area (Å²) in [5.74, 6) is 1.27. The quantitative estimate of drug-likeness (QED) is 0.144. The van der Waals surface area contributed by atoms with Gasteiger partial charge in [0, 0.05) is 29.7 Å². The average Bonchev–Trinajstić information content (AvgIpc) is 2.92. The Balaban J connectivity index is 1.70. The molecule has 0 aliphatic heterocycles. The zero-order chi connectivity index (χ0) is 30.5. The second kappa shape index (κ2) is 13.1. The molecule has 0 aromatic heterocycles. The van der Waals surface area contributed by atoms with E-state index in [1.54, 1.807) is 41.3 Å². The van der Waals surface area contributed by atoms with Gasteiger partial charge in [-0.3, -0.25) is 0 Å². The van der Waals surface area contributed by atoms with Crippen molar-refractivity contribution in [3.8, 4) is 11.5 Å². The molecule has 4 aromatic carbocycles. The third-order valence-corrected chi connectivity index (χ3v) is 7.37. The van der Waals surface area contributed by atoms with Crippen molar-refractivity contribution in [2.75, 3.05) is 11.4 Å². The molecule has 0 aliphatic rings. The summed E-state index contributed by atoms with van der Waals surface area (Å²) in [6.45, 7) is 3.66. The highest BCUT2D eigenvalue weighted by Gasteiger charge is 2.35. The molecule has 42 heavy (non-hydrogen) atoms. The van der Waals surface area contributed by atoms with E-state index in [2.05, 4.69) is 13.8 Å². The maximum atomic E-state index is 13.7. The monoisotopic (exact) mass is 605 g/mol. The van der Waals surface area contributed by atoms with E-state index in [9.17, 15) is 31.4 Å². The van der Waals surface area contributed by atoms with Gasteiger partial charge in [0.1, 0.15) is 11.5 Å². The van der Waals surface area contributed by atoms with Crippen LogP contribution in [-0.4, -0.2) is 17.2 Å². The summed E-state index contributed by atoms with van der Waals surface area (Å²) in [5, 5.41) is 11.1. The van der Waals surface area contributed by atoms with Gasteiger partial charge in [-0.25, -0.2) is 0 Å². The Kier molecular flexibility index (Phi) is 9.78. The molecule has 0 radical (unpaired) electrons. The third kappa shape index (κ3) is 8.45. The first-order chi connectivity index (χ1) is 19.8. The average molecular weight is 606 g/mol. The number of ether oxygens (including phenoxy) is 1. The first kappa shape index (κ1) is 31.3. The van der Waals surface area contributed by atoms with Crippen LogP contribution in [0.25, 0.3) is 0 Å². The molecular weight excluding hydrogens is 576 g/mol. The van der Waals surface area contributed by atoms with Gasteiger partial charge in [-0.1, -0.05) is 68.4 Å². The van der Waals surface area contributed by atoms with Crippen molar-refractivity contribution in [1.29, 1.82) is 0 Å². The fourth-order valence-electron chi connectivity index (χ4n) is 4.50. The maximum Gasteiger partial charge on any atom is 0.446 e. The predicted molar refractivity (Wildman–Crippen MR) is 153 cm³/mol. The van der Waals surface area contributed by atoms with E-state index < -0.39 is 23.4 Å². The van der Waals surface area contributed by atoms with Gasteiger partial charge >= 0.3 is 11.7 Å². The highest BCUT2D eigenvalue weighted by Crippen LogP contribution is 2.40. The van der Waals surface area contributed by atoms with Crippen LogP contribution in [0, 0.1) is 0 Å². The summed E-state index contributed by atoms with van der Waals surface area (Å²) in [6.07, 6.45) is -6.30. The largest absolute Gasteiger partial charge is 0.457 e. The minimum Gasteiger partial charge on any atom is -0.457 e. The molecule has 3 nitrogen and oxygen atoms in total. The van der Waals surface area contributed by atoms with Gasteiger partial charge in [0.05, 0.1) is 11.7 Å². The topological polar surface area (TPSA) is 32.7 Å². The molecule has 1 N–H and O–H groups in total. The van der Waals surface area contributed by atoms with Gasteiger partial charge in [0.2, 0.25) is 0 Å². The number of nitrogens with zero attached hydrogens (tertiary/aromatic N) is 1. The second-order valence-electron chi connectivity index (χ2n) is 9.96. The van der Waals surface area contributed by atoms with Crippen molar-refractivity contribution in [3.63, 3.8) is 0 Å². The number of thioether (sulfide) groups is 1. The Labute approximate surface area is 244 Å². The molecule has 0 amide bonds. The number of halogens is 6. The van der Waals surface area contributed by atoms with E-state index in [1.165, 1.54) is 36.4 Å². The van der Waals surface area contributed by atoms with Crippen molar-refractivity contribution < 1.29 is 36.2 Å². The molecular formula is C32H29F6NO2S. The number of aliphatic hydroxyl groups excluding tert-OH is 1. The Hall–Kier alpha value is -3.63. The fraction of sp³-hybridized carbons (Fsp3) is 0.250. The first-order valence-corrected chi connectivity index (χ1v) is 13.9. The molecule has 4 rings (SSSR count). The molecule has 0 fully saturated rings. The molecule has 10 heteroatoms. The predicted octanol–water partition coefficient (Wildman–Crippen LogP) is 9.97. The Morgan fingerprint density at radius 3 is 2.12 bits per heavy atom. The van der Waals surface area contributed by atoms with Crippen LogP contribution in [0.4, 0.5) is 32.0 Å². The van der Waals surface area contributed by atoms with Crippen LogP contribution in [-0.2, 0) is 12.7 Å². The normalized spacial score (nSPS) is 12.8. The smallest absolute Gasteiger partial charge is 0.446 e. The maximum absolute atomic E-state index is 13.7. The van der Waals surface area contributed by atoms with Gasteiger partial charge in [0.25, 0.3) is 0 Å². The van der Waals surface area contributed by atoms with Crippen molar-refractivity contribution in [2.45, 2.75) is 49.0 Å². The Bertz CT molecular complexity index is 1490. The highest BCUT2D eigenvalue weighted by molar-refractivity contribution is 8.00. The van der Waals surface area contributed by atoms with E-state index in [0.29, 0.717) is 22.7 Å². The van der Waals surface area contributed by atoms with E-state index in [-0.39, 0.29) is 41.2 Å². The number of hydrogen-bond acceptors (Lipinski definition) is 4. The summed E-state index contributed by atoms with van der Waals surface area (Å²) < 4.78 is 87.1. The molecule has 0 saturated heterocycles.